The topological polar surface area (TPSA) is 0 Å². The van der Waals surface area contributed by atoms with E-state index in [0.29, 0.717) is 0 Å². The first-order valence-electron chi connectivity index (χ1n) is 0. The average molecular weight is 344 g/mol. The van der Waals surface area contributed by atoms with Gasteiger partial charge in [0.25, 0.3) is 0 Å². The molecule has 0 unspecified atom stereocenters. The Bertz CT molecular complexity index is 15.5. The molecule has 0 bridgehead atoms. The second-order valence-electron chi connectivity index (χ2n) is 0. The van der Waals surface area contributed by atoms with E-state index in [1.807, 2.05) is 0 Å². The summed E-state index contributed by atoms with van der Waals surface area (Å²) in [5.74, 6) is 0. The standard InChI is InChI=1S/Ba.Co.Li.Mn.Na.Ni.4H. The molecule has 34 valence electrons. The van der Waals surface area contributed by atoms with Crippen molar-refractivity contribution in [3.63, 3.8) is 0 Å². The van der Waals surface area contributed by atoms with Crippen LogP contribution in [-0.4, -0.2) is 97.3 Å². The maximum atomic E-state index is 0. The van der Waals surface area contributed by atoms with Gasteiger partial charge in [0.15, 0.2) is 0 Å². The van der Waals surface area contributed by atoms with E-state index in [0.717, 1.165) is 0 Å². The number of hydrogen-bond acceptors (Lipinski definition) is 0. The third-order valence-electron chi connectivity index (χ3n) is 0. The molecule has 6 heteroatoms. The Morgan fingerprint density at radius 2 is 1.00 bits per heavy atom. The molecule has 0 fully saturated rings. The van der Waals surface area contributed by atoms with Crippen molar-refractivity contribution in [3.05, 3.63) is 0 Å². The zero-order valence-electron chi connectivity index (χ0n) is 1.03. The van der Waals surface area contributed by atoms with E-state index < -0.39 is 0 Å². The van der Waals surface area contributed by atoms with E-state index in [2.05, 4.69) is 0 Å². The van der Waals surface area contributed by atoms with Crippen molar-refractivity contribution in [3.8, 4) is 0 Å². The Kier molecular flexibility index (Phi) is 253. The van der Waals surface area contributed by atoms with Gasteiger partial charge in [-0.1, -0.05) is 0 Å². The Balaban J connectivity index is 0. The molecule has 0 aliphatic carbocycles. The maximum Gasteiger partial charge on any atom is 0 e. The number of rotatable bonds is 0. The zero-order valence-corrected chi connectivity index (χ0v) is 4.24. The summed E-state index contributed by atoms with van der Waals surface area (Å²) in [6, 6.07) is 0. The molecular formula is H4BaCoLiMnNaNi. The summed E-state index contributed by atoms with van der Waals surface area (Å²) >= 11 is 0. The molecule has 0 aromatic heterocycles. The van der Waals surface area contributed by atoms with Crippen LogP contribution in [0.4, 0.5) is 0 Å². The molecule has 0 N–H and O–H groups in total. The molecule has 0 aromatic carbocycles. The van der Waals surface area contributed by atoms with Gasteiger partial charge in [-0.15, -0.1) is 0 Å². The molecule has 6 heavy (non-hydrogen) atoms. The molecule has 0 nitrogen and oxygen atoms in total. The molecule has 0 amide bonds. The van der Waals surface area contributed by atoms with Gasteiger partial charge in [-0.05, 0) is 0 Å². The van der Waals surface area contributed by atoms with Crippen molar-refractivity contribution in [1.29, 1.82) is 0 Å². The van der Waals surface area contributed by atoms with Crippen molar-refractivity contribution in [2.24, 2.45) is 0 Å². The van der Waals surface area contributed by atoms with Crippen LogP contribution in [0.15, 0.2) is 0 Å². The Hall–Kier alpha value is 4.69. The molecule has 0 saturated heterocycles. The third-order valence-corrected chi connectivity index (χ3v) is 0. The largest absolute Gasteiger partial charge is 0 e. The van der Waals surface area contributed by atoms with Crippen LogP contribution in [0.1, 0.15) is 0 Å². The Morgan fingerprint density at radius 1 is 1.00 bits per heavy atom. The van der Waals surface area contributed by atoms with Crippen LogP contribution in [0.2, 0.25) is 0 Å². The van der Waals surface area contributed by atoms with Crippen molar-refractivity contribution in [1.82, 2.24) is 0 Å². The normalized spacial score (nSPS) is 0. The van der Waals surface area contributed by atoms with Gasteiger partial charge in [-0.3, -0.25) is 0 Å². The van der Waals surface area contributed by atoms with Gasteiger partial charge in [0.05, 0.1) is 0 Å². The summed E-state index contributed by atoms with van der Waals surface area (Å²) in [6.45, 7) is 0. The Labute approximate surface area is 144 Å². The number of hydrogen-bond donors (Lipinski definition) is 0. The summed E-state index contributed by atoms with van der Waals surface area (Å²) in [5.41, 5.74) is 0. The molecule has 0 aliphatic rings. The fourth-order valence-corrected chi connectivity index (χ4v) is 0. The van der Waals surface area contributed by atoms with Crippen LogP contribution in [0.25, 0.3) is 0 Å². The van der Waals surface area contributed by atoms with Crippen molar-refractivity contribution in [2.45, 2.75) is 0 Å². The van der Waals surface area contributed by atoms with Crippen LogP contribution in [0.5, 0.6) is 0 Å². The quantitative estimate of drug-likeness (QED) is 0.437. The van der Waals surface area contributed by atoms with E-state index >= 15 is 0 Å². The van der Waals surface area contributed by atoms with Gasteiger partial charge in [-0.25, -0.2) is 0 Å². The monoisotopic (exact) mass is 344 g/mol. The van der Waals surface area contributed by atoms with Crippen LogP contribution in [-0.2, 0) is 50.3 Å². The summed E-state index contributed by atoms with van der Waals surface area (Å²) < 4.78 is 0. The van der Waals surface area contributed by atoms with Crippen LogP contribution in [0.3, 0.4) is 0 Å². The molecule has 0 spiro atoms. The van der Waals surface area contributed by atoms with Crippen LogP contribution >= 0.6 is 0 Å². The van der Waals surface area contributed by atoms with E-state index in [9.17, 15) is 0 Å². The van der Waals surface area contributed by atoms with Crippen molar-refractivity contribution < 1.29 is 50.3 Å². The average Bonchev–Trinajstić information content (AvgIpc) is 0. The van der Waals surface area contributed by atoms with Gasteiger partial charge in [-0.2, -0.15) is 0 Å². The smallest absolute Gasteiger partial charge is 0 e. The second kappa shape index (κ2) is 33.3. The molecule has 0 atom stereocenters. The predicted octanol–water partition coefficient (Wildman–Crippen LogP) is -2.22. The summed E-state index contributed by atoms with van der Waals surface area (Å²) in [6.07, 6.45) is 0. The van der Waals surface area contributed by atoms with Gasteiger partial charge in [0.2, 0.25) is 0 Å². The van der Waals surface area contributed by atoms with Gasteiger partial charge < -0.3 is 0 Å². The molecule has 0 aliphatic heterocycles. The molecule has 0 heterocycles. The first kappa shape index (κ1) is 45.6. The fourth-order valence-electron chi connectivity index (χ4n) is 0. The van der Waals surface area contributed by atoms with Gasteiger partial charge in [0.1, 0.15) is 0 Å². The SMILES string of the molecule is [BaH2].[Co].[LiH].[Mn].[NaH].[Ni]. The minimum Gasteiger partial charge on any atom is 0 e. The fraction of sp³-hybridized carbons (Fsp3) is 0. The molecule has 2 radical (unpaired) electrons. The third kappa shape index (κ3) is 23.4. The summed E-state index contributed by atoms with van der Waals surface area (Å²) in [7, 11) is 0. The van der Waals surface area contributed by atoms with Crippen LogP contribution in [0, 0.1) is 0 Å². The molecule has 0 aromatic rings. The minimum absolute atomic E-state index is 0. The first-order chi connectivity index (χ1) is 0. The van der Waals surface area contributed by atoms with Crippen molar-refractivity contribution >= 4 is 97.3 Å². The maximum absolute atomic E-state index is 0. The minimum atomic E-state index is 0. The summed E-state index contributed by atoms with van der Waals surface area (Å²) in [4.78, 5) is 0. The van der Waals surface area contributed by atoms with E-state index in [1.54, 1.807) is 0 Å². The predicted molar refractivity (Wildman–Crippen MR) is 22.8 cm³/mol. The van der Waals surface area contributed by atoms with Crippen LogP contribution < -0.4 is 0 Å². The molecule has 0 saturated carbocycles. The molecular weight excluding hydrogens is 340 g/mol. The molecule has 0 rings (SSSR count). The van der Waals surface area contributed by atoms with Gasteiger partial charge in [0, 0.05) is 50.3 Å². The van der Waals surface area contributed by atoms with E-state index in [-0.39, 0.29) is 148 Å². The second-order valence-corrected chi connectivity index (χ2v) is 0. The zero-order chi connectivity index (χ0) is 0. The van der Waals surface area contributed by atoms with Crippen molar-refractivity contribution in [2.75, 3.05) is 0 Å². The van der Waals surface area contributed by atoms with E-state index in [4.69, 9.17) is 0 Å². The summed E-state index contributed by atoms with van der Waals surface area (Å²) in [5, 5.41) is 0. The Morgan fingerprint density at radius 3 is 1.00 bits per heavy atom. The van der Waals surface area contributed by atoms with Gasteiger partial charge >= 0.3 is 97.3 Å². The first-order valence-corrected chi connectivity index (χ1v) is 0. The van der Waals surface area contributed by atoms with E-state index in [1.165, 1.54) is 0 Å².